The third-order valence-electron chi connectivity index (χ3n) is 3.29. The standard InChI is InChI=1S/C13H15BrN2O/c14-10-5-2-1-4-9(10)12-8-16-13(17-12)11-6-3-7-15-11/h1-2,4-5,11-12,15H,3,6-8H2. The molecule has 0 bridgehead atoms. The van der Waals surface area contributed by atoms with Gasteiger partial charge in [0.15, 0.2) is 0 Å². The predicted octanol–water partition coefficient (Wildman–Crippen LogP) is 2.67. The summed E-state index contributed by atoms with van der Waals surface area (Å²) in [5.41, 5.74) is 1.18. The highest BCUT2D eigenvalue weighted by Crippen LogP contribution is 2.30. The highest BCUT2D eigenvalue weighted by atomic mass is 79.9. The van der Waals surface area contributed by atoms with E-state index in [1.807, 2.05) is 18.2 Å². The lowest BCUT2D eigenvalue weighted by Crippen LogP contribution is -2.31. The molecule has 0 saturated carbocycles. The normalized spacial score (nSPS) is 27.9. The van der Waals surface area contributed by atoms with Crippen molar-refractivity contribution in [2.45, 2.75) is 25.0 Å². The molecule has 3 rings (SSSR count). The second kappa shape index (κ2) is 4.78. The highest BCUT2D eigenvalue weighted by molar-refractivity contribution is 9.10. The molecule has 1 N–H and O–H groups in total. The zero-order valence-electron chi connectivity index (χ0n) is 9.53. The maximum atomic E-state index is 5.97. The fourth-order valence-electron chi connectivity index (χ4n) is 2.38. The number of aliphatic imine (C=N–C) groups is 1. The van der Waals surface area contributed by atoms with E-state index in [0.717, 1.165) is 29.9 Å². The maximum absolute atomic E-state index is 5.97. The van der Waals surface area contributed by atoms with Crippen LogP contribution in [0.4, 0.5) is 0 Å². The van der Waals surface area contributed by atoms with Gasteiger partial charge >= 0.3 is 0 Å². The summed E-state index contributed by atoms with van der Waals surface area (Å²) >= 11 is 3.56. The molecule has 2 atom stereocenters. The van der Waals surface area contributed by atoms with Crippen LogP contribution in [0.3, 0.4) is 0 Å². The van der Waals surface area contributed by atoms with Gasteiger partial charge in [-0.3, -0.25) is 0 Å². The zero-order chi connectivity index (χ0) is 11.7. The van der Waals surface area contributed by atoms with Crippen LogP contribution >= 0.6 is 15.9 Å². The van der Waals surface area contributed by atoms with E-state index < -0.39 is 0 Å². The van der Waals surface area contributed by atoms with Crippen LogP contribution in [-0.2, 0) is 4.74 Å². The molecular weight excluding hydrogens is 280 g/mol. The molecule has 1 fully saturated rings. The predicted molar refractivity (Wildman–Crippen MR) is 71.3 cm³/mol. The van der Waals surface area contributed by atoms with E-state index in [1.54, 1.807) is 0 Å². The van der Waals surface area contributed by atoms with Gasteiger partial charge in [0.05, 0.1) is 12.6 Å². The Kier molecular flexibility index (Phi) is 3.16. The van der Waals surface area contributed by atoms with Crippen LogP contribution in [0.15, 0.2) is 33.7 Å². The van der Waals surface area contributed by atoms with Crippen molar-refractivity contribution in [3.63, 3.8) is 0 Å². The summed E-state index contributed by atoms with van der Waals surface area (Å²) in [7, 11) is 0. The summed E-state index contributed by atoms with van der Waals surface area (Å²) in [4.78, 5) is 4.53. The van der Waals surface area contributed by atoms with Gasteiger partial charge in [-0.05, 0) is 25.5 Å². The van der Waals surface area contributed by atoms with E-state index in [-0.39, 0.29) is 6.10 Å². The number of ether oxygens (including phenoxy) is 1. The second-order valence-corrected chi connectivity index (χ2v) is 5.31. The van der Waals surface area contributed by atoms with Crippen molar-refractivity contribution in [1.82, 2.24) is 5.32 Å². The molecule has 17 heavy (non-hydrogen) atoms. The summed E-state index contributed by atoms with van der Waals surface area (Å²) < 4.78 is 7.07. The van der Waals surface area contributed by atoms with Gasteiger partial charge in [-0.2, -0.15) is 0 Å². The Hall–Kier alpha value is -0.870. The molecule has 1 saturated heterocycles. The number of hydrogen-bond acceptors (Lipinski definition) is 3. The number of benzene rings is 1. The largest absolute Gasteiger partial charge is 0.470 e. The maximum Gasteiger partial charge on any atom is 0.201 e. The Morgan fingerprint density at radius 2 is 2.24 bits per heavy atom. The first-order valence-corrected chi connectivity index (χ1v) is 6.83. The summed E-state index contributed by atoms with van der Waals surface area (Å²) in [5.74, 6) is 0.892. The smallest absolute Gasteiger partial charge is 0.201 e. The lowest BCUT2D eigenvalue weighted by atomic mass is 10.1. The average molecular weight is 295 g/mol. The van der Waals surface area contributed by atoms with E-state index in [1.165, 1.54) is 12.0 Å². The molecule has 2 aliphatic heterocycles. The SMILES string of the molecule is Brc1ccccc1C1CN=C(C2CCCN2)O1. The number of halogens is 1. The summed E-state index contributed by atoms with van der Waals surface area (Å²) in [6.45, 7) is 1.81. The molecule has 90 valence electrons. The number of rotatable bonds is 2. The molecule has 4 heteroatoms. The van der Waals surface area contributed by atoms with E-state index >= 15 is 0 Å². The Balaban J connectivity index is 1.72. The van der Waals surface area contributed by atoms with Crippen LogP contribution in [0.25, 0.3) is 0 Å². The highest BCUT2D eigenvalue weighted by Gasteiger charge is 2.29. The van der Waals surface area contributed by atoms with Crippen molar-refractivity contribution in [3.8, 4) is 0 Å². The van der Waals surface area contributed by atoms with E-state index in [4.69, 9.17) is 4.74 Å². The molecule has 3 nitrogen and oxygen atoms in total. The van der Waals surface area contributed by atoms with Gasteiger partial charge in [0.25, 0.3) is 0 Å². The second-order valence-electron chi connectivity index (χ2n) is 4.46. The molecule has 2 aliphatic rings. The van der Waals surface area contributed by atoms with Gasteiger partial charge in [0, 0.05) is 10.0 Å². The van der Waals surface area contributed by atoms with Crippen LogP contribution in [0.1, 0.15) is 24.5 Å². The minimum atomic E-state index is 0.0722. The summed E-state index contributed by atoms with van der Waals surface area (Å²) in [5, 5.41) is 3.42. The molecule has 1 aromatic carbocycles. The topological polar surface area (TPSA) is 33.6 Å². The fourth-order valence-corrected chi connectivity index (χ4v) is 2.92. The Morgan fingerprint density at radius 1 is 1.35 bits per heavy atom. The van der Waals surface area contributed by atoms with Gasteiger partial charge in [0.1, 0.15) is 6.10 Å². The number of nitrogens with one attached hydrogen (secondary N) is 1. The molecule has 0 aromatic heterocycles. The van der Waals surface area contributed by atoms with E-state index in [0.29, 0.717) is 6.04 Å². The minimum absolute atomic E-state index is 0.0722. The number of hydrogen-bond donors (Lipinski definition) is 1. The molecule has 0 amide bonds. The lowest BCUT2D eigenvalue weighted by molar-refractivity contribution is 0.218. The van der Waals surface area contributed by atoms with Crippen molar-refractivity contribution >= 4 is 21.8 Å². The van der Waals surface area contributed by atoms with Crippen LogP contribution < -0.4 is 5.32 Å². The van der Waals surface area contributed by atoms with Crippen molar-refractivity contribution in [2.24, 2.45) is 4.99 Å². The molecule has 0 spiro atoms. The molecule has 1 aromatic rings. The molecule has 0 radical (unpaired) electrons. The van der Waals surface area contributed by atoms with Gasteiger partial charge in [-0.1, -0.05) is 34.1 Å². The van der Waals surface area contributed by atoms with Crippen molar-refractivity contribution in [2.75, 3.05) is 13.1 Å². The quantitative estimate of drug-likeness (QED) is 0.910. The van der Waals surface area contributed by atoms with Crippen LogP contribution in [0.5, 0.6) is 0 Å². The van der Waals surface area contributed by atoms with Crippen molar-refractivity contribution in [1.29, 1.82) is 0 Å². The third kappa shape index (κ3) is 2.24. The molecular formula is C13H15BrN2O. The molecule has 0 aliphatic carbocycles. The lowest BCUT2D eigenvalue weighted by Gasteiger charge is -2.16. The van der Waals surface area contributed by atoms with Gasteiger partial charge in [0.2, 0.25) is 5.90 Å². The third-order valence-corrected chi connectivity index (χ3v) is 4.01. The van der Waals surface area contributed by atoms with Crippen molar-refractivity contribution < 1.29 is 4.74 Å². The van der Waals surface area contributed by atoms with Crippen LogP contribution in [-0.4, -0.2) is 25.0 Å². The van der Waals surface area contributed by atoms with E-state index in [9.17, 15) is 0 Å². The van der Waals surface area contributed by atoms with Crippen LogP contribution in [0.2, 0.25) is 0 Å². The van der Waals surface area contributed by atoms with Crippen molar-refractivity contribution in [3.05, 3.63) is 34.3 Å². The van der Waals surface area contributed by atoms with E-state index in [2.05, 4.69) is 32.3 Å². The first kappa shape index (κ1) is 11.2. The monoisotopic (exact) mass is 294 g/mol. The fraction of sp³-hybridized carbons (Fsp3) is 0.462. The Bertz CT molecular complexity index is 441. The number of nitrogens with zero attached hydrogens (tertiary/aromatic N) is 1. The average Bonchev–Trinajstić information content (AvgIpc) is 3.00. The Morgan fingerprint density at radius 3 is 3.00 bits per heavy atom. The summed E-state index contributed by atoms with van der Waals surface area (Å²) in [6.07, 6.45) is 2.43. The molecule has 2 heterocycles. The minimum Gasteiger partial charge on any atom is -0.470 e. The first-order valence-electron chi connectivity index (χ1n) is 6.03. The summed E-state index contributed by atoms with van der Waals surface area (Å²) in [6, 6.07) is 8.53. The van der Waals surface area contributed by atoms with Gasteiger partial charge in [-0.15, -0.1) is 0 Å². The molecule has 2 unspecified atom stereocenters. The van der Waals surface area contributed by atoms with Crippen LogP contribution in [0, 0.1) is 0 Å². The van der Waals surface area contributed by atoms with Gasteiger partial charge in [-0.25, -0.2) is 4.99 Å². The Labute approximate surface area is 109 Å². The first-order chi connectivity index (χ1) is 8.34. The zero-order valence-corrected chi connectivity index (χ0v) is 11.1. The van der Waals surface area contributed by atoms with Gasteiger partial charge < -0.3 is 10.1 Å².